The Morgan fingerprint density at radius 1 is 1.15 bits per heavy atom. The number of imidazole rings is 1. The van der Waals surface area contributed by atoms with E-state index in [1.54, 1.807) is 38.5 Å². The molecule has 1 aliphatic rings. The van der Waals surface area contributed by atoms with Gasteiger partial charge in [-0.1, -0.05) is 6.92 Å². The summed E-state index contributed by atoms with van der Waals surface area (Å²) in [5, 5.41) is 16.5. The third kappa shape index (κ3) is 5.39. The first-order chi connectivity index (χ1) is 19.3. The minimum Gasteiger partial charge on any atom is -0.326 e. The molecule has 0 radical (unpaired) electrons. The molecule has 3 N–H and O–H groups in total. The summed E-state index contributed by atoms with van der Waals surface area (Å²) in [6.45, 7) is 5.09. The van der Waals surface area contributed by atoms with Crippen molar-refractivity contribution in [2.75, 3.05) is 11.6 Å². The van der Waals surface area contributed by atoms with E-state index in [1.807, 2.05) is 13.0 Å². The molecular weight excluding hydrogens is 548 g/mol. The van der Waals surface area contributed by atoms with E-state index in [1.165, 1.54) is 16.8 Å². The van der Waals surface area contributed by atoms with Crippen molar-refractivity contribution in [3.63, 3.8) is 0 Å². The predicted molar refractivity (Wildman–Crippen MR) is 152 cm³/mol. The van der Waals surface area contributed by atoms with Gasteiger partial charge >= 0.3 is 0 Å². The molecule has 4 atom stereocenters. The minimum atomic E-state index is -3.29. The number of nitrogens with two attached hydrogens (primary N) is 1. The topological polar surface area (TPSA) is 139 Å². The molecule has 1 aromatic carbocycles. The average molecular weight is 580 g/mol. The Labute approximate surface area is 237 Å². The Balaban J connectivity index is 1.49. The van der Waals surface area contributed by atoms with Crippen molar-refractivity contribution in [1.29, 1.82) is 5.26 Å². The summed E-state index contributed by atoms with van der Waals surface area (Å²) in [6, 6.07) is 8.90. The van der Waals surface area contributed by atoms with Gasteiger partial charge in [-0.15, -0.1) is 0 Å². The third-order valence-corrected chi connectivity index (χ3v) is 9.72. The molecule has 9 nitrogen and oxygen atoms in total. The first-order valence-corrected chi connectivity index (χ1v) is 15.2. The Morgan fingerprint density at radius 3 is 2.49 bits per heavy atom. The number of hydrogen-bond donors (Lipinski definition) is 2. The predicted octanol–water partition coefficient (Wildman–Crippen LogP) is 4.87. The molecular formula is C29H31F2N7O2S. The lowest BCUT2D eigenvalue weighted by Gasteiger charge is -2.38. The van der Waals surface area contributed by atoms with E-state index in [2.05, 4.69) is 26.5 Å². The molecule has 41 heavy (non-hydrogen) atoms. The maximum absolute atomic E-state index is 15.2. The van der Waals surface area contributed by atoms with E-state index in [0.717, 1.165) is 17.7 Å². The second kappa shape index (κ2) is 10.5. The standard InChI is InChI=1S/C29H31F2N7O2S/c1-16-9-17(10-23(33)27(16)41(4,39)40)20-7-8-34-14-25(20)36-28-35-13-19-5-6-24(37-38(19)28)26-21(30)11-18(12-22(26)31)29(2,3)15-32/h5-8,11-14,16-17,23,27H,9-10,33H2,1-4H3,(H,35,36). The number of pyridine rings is 1. The first kappa shape index (κ1) is 28.6. The van der Waals surface area contributed by atoms with Crippen LogP contribution >= 0.6 is 0 Å². The van der Waals surface area contributed by atoms with Crippen LogP contribution in [0, 0.1) is 28.9 Å². The summed E-state index contributed by atoms with van der Waals surface area (Å²) in [5.74, 6) is -1.49. The van der Waals surface area contributed by atoms with Crippen molar-refractivity contribution in [1.82, 2.24) is 19.6 Å². The summed E-state index contributed by atoms with van der Waals surface area (Å²) in [4.78, 5) is 8.67. The fourth-order valence-corrected chi connectivity index (χ4v) is 7.59. The van der Waals surface area contributed by atoms with Crippen molar-refractivity contribution in [3.05, 3.63) is 71.7 Å². The molecule has 12 heteroatoms. The van der Waals surface area contributed by atoms with Gasteiger partial charge in [-0.25, -0.2) is 22.2 Å². The Morgan fingerprint density at radius 2 is 1.85 bits per heavy atom. The lowest BCUT2D eigenvalue weighted by atomic mass is 9.76. The van der Waals surface area contributed by atoms with E-state index in [9.17, 15) is 13.7 Å². The van der Waals surface area contributed by atoms with Crippen molar-refractivity contribution in [2.24, 2.45) is 11.7 Å². The van der Waals surface area contributed by atoms with Gasteiger partial charge in [0.05, 0.1) is 51.6 Å². The monoisotopic (exact) mass is 579 g/mol. The van der Waals surface area contributed by atoms with Crippen molar-refractivity contribution in [2.45, 2.75) is 56.2 Å². The SMILES string of the molecule is CC1CC(c2ccncc2Nc2ncc3ccc(-c4c(F)cc(C(C)(C)C#N)cc4F)nn23)CC(N)C1S(C)(=O)=O. The van der Waals surface area contributed by atoms with Crippen LogP contribution in [0.25, 0.3) is 16.8 Å². The third-order valence-electron chi connectivity index (χ3n) is 7.91. The molecule has 0 bridgehead atoms. The van der Waals surface area contributed by atoms with Gasteiger partial charge in [0.15, 0.2) is 9.84 Å². The normalized spacial score (nSPS) is 21.5. The smallest absolute Gasteiger partial charge is 0.229 e. The second-order valence-electron chi connectivity index (χ2n) is 11.4. The first-order valence-electron chi connectivity index (χ1n) is 13.2. The fraction of sp³-hybridized carbons (Fsp3) is 0.379. The molecule has 0 aliphatic heterocycles. The molecule has 5 rings (SSSR count). The number of aromatic nitrogens is 4. The quantitative estimate of drug-likeness (QED) is 0.330. The fourth-order valence-electron chi connectivity index (χ4n) is 5.89. The van der Waals surface area contributed by atoms with Gasteiger partial charge in [-0.05, 0) is 80.0 Å². The minimum absolute atomic E-state index is 0.0161. The van der Waals surface area contributed by atoms with Crippen LogP contribution in [-0.4, -0.2) is 45.5 Å². The number of fused-ring (bicyclic) bond motifs is 1. The molecule has 1 fully saturated rings. The number of rotatable bonds is 6. The Bertz CT molecular complexity index is 1750. The highest BCUT2D eigenvalue weighted by Crippen LogP contribution is 2.41. The molecule has 0 saturated heterocycles. The highest BCUT2D eigenvalue weighted by Gasteiger charge is 2.40. The van der Waals surface area contributed by atoms with Crippen LogP contribution in [0.1, 0.15) is 50.7 Å². The molecule has 4 aromatic rings. The number of anilines is 2. The van der Waals surface area contributed by atoms with Crippen LogP contribution in [0.4, 0.5) is 20.4 Å². The van der Waals surface area contributed by atoms with Crippen LogP contribution in [0.15, 0.2) is 48.9 Å². The highest BCUT2D eigenvalue weighted by molar-refractivity contribution is 7.91. The summed E-state index contributed by atoms with van der Waals surface area (Å²) in [7, 11) is -3.29. The van der Waals surface area contributed by atoms with E-state index in [0.29, 0.717) is 30.0 Å². The number of benzene rings is 1. The highest BCUT2D eigenvalue weighted by atomic mass is 32.2. The number of sulfone groups is 1. The average Bonchev–Trinajstić information content (AvgIpc) is 3.29. The van der Waals surface area contributed by atoms with Gasteiger partial charge in [0, 0.05) is 18.5 Å². The number of nitriles is 1. The van der Waals surface area contributed by atoms with Gasteiger partial charge in [0.25, 0.3) is 0 Å². The van der Waals surface area contributed by atoms with Crippen LogP contribution in [0.3, 0.4) is 0 Å². The zero-order chi connectivity index (χ0) is 29.7. The summed E-state index contributed by atoms with van der Waals surface area (Å²) in [6.07, 6.45) is 7.25. The van der Waals surface area contributed by atoms with E-state index >= 15 is 8.78 Å². The molecule has 1 saturated carbocycles. The lowest BCUT2D eigenvalue weighted by Crippen LogP contribution is -2.48. The second-order valence-corrected chi connectivity index (χ2v) is 13.6. The van der Waals surface area contributed by atoms with Gasteiger partial charge in [-0.3, -0.25) is 4.98 Å². The molecule has 0 amide bonds. The molecule has 214 valence electrons. The van der Waals surface area contributed by atoms with Gasteiger partial charge < -0.3 is 11.1 Å². The van der Waals surface area contributed by atoms with Crippen LogP contribution in [-0.2, 0) is 15.3 Å². The Hall–Kier alpha value is -3.95. The number of hydrogen-bond acceptors (Lipinski definition) is 8. The molecule has 0 spiro atoms. The molecule has 3 aromatic heterocycles. The van der Waals surface area contributed by atoms with Crippen LogP contribution < -0.4 is 11.1 Å². The van der Waals surface area contributed by atoms with Crippen molar-refractivity contribution < 1.29 is 17.2 Å². The number of halogens is 2. The summed E-state index contributed by atoms with van der Waals surface area (Å²) >= 11 is 0. The van der Waals surface area contributed by atoms with Gasteiger partial charge in [0.1, 0.15) is 11.6 Å². The summed E-state index contributed by atoms with van der Waals surface area (Å²) in [5.41, 5.74) is 7.43. The maximum atomic E-state index is 15.2. The largest absolute Gasteiger partial charge is 0.326 e. The van der Waals surface area contributed by atoms with E-state index in [4.69, 9.17) is 5.73 Å². The maximum Gasteiger partial charge on any atom is 0.229 e. The Kier molecular flexibility index (Phi) is 7.29. The van der Waals surface area contributed by atoms with E-state index in [-0.39, 0.29) is 28.7 Å². The van der Waals surface area contributed by atoms with Gasteiger partial charge in [0.2, 0.25) is 5.95 Å². The number of nitrogens with one attached hydrogen (secondary N) is 1. The lowest BCUT2D eigenvalue weighted by molar-refractivity contribution is 0.309. The van der Waals surface area contributed by atoms with Crippen molar-refractivity contribution in [3.8, 4) is 17.3 Å². The zero-order valence-corrected chi connectivity index (χ0v) is 24.0. The summed E-state index contributed by atoms with van der Waals surface area (Å²) < 4.78 is 56.4. The molecule has 3 heterocycles. The molecule has 4 unspecified atom stereocenters. The van der Waals surface area contributed by atoms with Gasteiger partial charge in [-0.2, -0.15) is 14.9 Å². The molecule has 1 aliphatic carbocycles. The number of nitrogens with zero attached hydrogens (tertiary/aromatic N) is 5. The van der Waals surface area contributed by atoms with Crippen LogP contribution in [0.2, 0.25) is 0 Å². The van der Waals surface area contributed by atoms with Crippen LogP contribution in [0.5, 0.6) is 0 Å². The van der Waals surface area contributed by atoms with Crippen molar-refractivity contribution >= 4 is 27.0 Å². The zero-order valence-electron chi connectivity index (χ0n) is 23.1. The van der Waals surface area contributed by atoms with E-state index < -0.39 is 38.2 Å².